The zero-order valence-corrected chi connectivity index (χ0v) is 9.78. The first kappa shape index (κ1) is 12.0. The summed E-state index contributed by atoms with van der Waals surface area (Å²) in [5.74, 6) is 0.590. The SMILES string of the molecule is Cn1cnc(CCNc2ccc([N+](=O)[O-])nc2)n1. The number of nitrogens with zero attached hydrogens (tertiary/aromatic N) is 5. The fraction of sp³-hybridized carbons (Fsp3) is 0.300. The summed E-state index contributed by atoms with van der Waals surface area (Å²) < 4.78 is 1.64. The number of pyridine rings is 1. The van der Waals surface area contributed by atoms with Gasteiger partial charge in [-0.3, -0.25) is 4.68 Å². The van der Waals surface area contributed by atoms with E-state index in [1.165, 1.54) is 12.3 Å². The quantitative estimate of drug-likeness (QED) is 0.620. The summed E-state index contributed by atoms with van der Waals surface area (Å²) in [4.78, 5) is 17.7. The van der Waals surface area contributed by atoms with Crippen LogP contribution in [0.25, 0.3) is 0 Å². The molecule has 18 heavy (non-hydrogen) atoms. The minimum absolute atomic E-state index is 0.160. The van der Waals surface area contributed by atoms with E-state index in [-0.39, 0.29) is 5.82 Å². The van der Waals surface area contributed by atoms with Gasteiger partial charge in [-0.25, -0.2) is 4.98 Å². The van der Waals surface area contributed by atoms with E-state index in [0.717, 1.165) is 11.5 Å². The third-order valence-electron chi connectivity index (χ3n) is 2.26. The van der Waals surface area contributed by atoms with Gasteiger partial charge in [0.1, 0.15) is 6.33 Å². The first-order chi connectivity index (χ1) is 8.65. The van der Waals surface area contributed by atoms with Crippen molar-refractivity contribution in [2.75, 3.05) is 11.9 Å². The van der Waals surface area contributed by atoms with E-state index in [1.807, 2.05) is 7.05 Å². The van der Waals surface area contributed by atoms with Crippen molar-refractivity contribution in [3.05, 3.63) is 40.6 Å². The molecular formula is C10H12N6O2. The van der Waals surface area contributed by atoms with Crippen LogP contribution in [0.4, 0.5) is 11.5 Å². The van der Waals surface area contributed by atoms with Crippen molar-refractivity contribution in [2.24, 2.45) is 7.05 Å². The Morgan fingerprint density at radius 2 is 2.28 bits per heavy atom. The Labute approximate surface area is 103 Å². The molecule has 0 spiro atoms. The number of hydrogen-bond acceptors (Lipinski definition) is 6. The zero-order chi connectivity index (χ0) is 13.0. The molecule has 0 fully saturated rings. The topological polar surface area (TPSA) is 98.8 Å². The molecule has 2 rings (SSSR count). The highest BCUT2D eigenvalue weighted by molar-refractivity contribution is 5.43. The Kier molecular flexibility index (Phi) is 3.46. The van der Waals surface area contributed by atoms with Crippen molar-refractivity contribution < 1.29 is 4.92 Å². The number of aryl methyl sites for hydroxylation is 1. The first-order valence-corrected chi connectivity index (χ1v) is 5.34. The maximum Gasteiger partial charge on any atom is 0.363 e. The van der Waals surface area contributed by atoms with Crippen LogP contribution in [0.15, 0.2) is 24.7 Å². The van der Waals surface area contributed by atoms with Crippen molar-refractivity contribution in [3.8, 4) is 0 Å². The Morgan fingerprint density at radius 1 is 1.44 bits per heavy atom. The van der Waals surface area contributed by atoms with E-state index in [2.05, 4.69) is 20.4 Å². The summed E-state index contributed by atoms with van der Waals surface area (Å²) in [6.07, 6.45) is 3.75. The smallest absolute Gasteiger partial charge is 0.363 e. The zero-order valence-electron chi connectivity index (χ0n) is 9.78. The number of nitro groups is 1. The Balaban J connectivity index is 1.85. The van der Waals surface area contributed by atoms with Crippen LogP contribution in [0.5, 0.6) is 0 Å². The molecule has 0 aromatic carbocycles. The molecule has 0 aliphatic heterocycles. The van der Waals surface area contributed by atoms with Crippen LogP contribution in [-0.2, 0) is 13.5 Å². The molecule has 0 radical (unpaired) electrons. The monoisotopic (exact) mass is 248 g/mol. The summed E-state index contributed by atoms with van der Waals surface area (Å²) >= 11 is 0. The van der Waals surface area contributed by atoms with Gasteiger partial charge < -0.3 is 15.4 Å². The largest absolute Gasteiger partial charge is 0.382 e. The average Bonchev–Trinajstić information content (AvgIpc) is 2.76. The van der Waals surface area contributed by atoms with E-state index >= 15 is 0 Å². The fourth-order valence-electron chi connectivity index (χ4n) is 1.42. The molecule has 0 aliphatic rings. The number of aromatic nitrogens is 4. The molecule has 8 nitrogen and oxygen atoms in total. The highest BCUT2D eigenvalue weighted by Gasteiger charge is 2.06. The van der Waals surface area contributed by atoms with E-state index < -0.39 is 4.92 Å². The molecule has 0 saturated carbocycles. The van der Waals surface area contributed by atoms with E-state index in [4.69, 9.17) is 0 Å². The summed E-state index contributed by atoms with van der Waals surface area (Å²) in [6, 6.07) is 2.98. The Morgan fingerprint density at radius 3 is 2.83 bits per heavy atom. The second kappa shape index (κ2) is 5.21. The van der Waals surface area contributed by atoms with Gasteiger partial charge >= 0.3 is 5.82 Å². The summed E-state index contributed by atoms with van der Waals surface area (Å²) in [5, 5.41) is 17.7. The van der Waals surface area contributed by atoms with E-state index in [9.17, 15) is 10.1 Å². The van der Waals surface area contributed by atoms with Gasteiger partial charge in [0, 0.05) is 26.1 Å². The molecular weight excluding hydrogens is 236 g/mol. The molecule has 94 valence electrons. The van der Waals surface area contributed by atoms with Crippen LogP contribution in [-0.4, -0.2) is 31.2 Å². The maximum atomic E-state index is 10.4. The molecule has 0 saturated heterocycles. The fourth-order valence-corrected chi connectivity index (χ4v) is 1.42. The van der Waals surface area contributed by atoms with Gasteiger partial charge in [-0.1, -0.05) is 0 Å². The molecule has 0 aliphatic carbocycles. The Bertz CT molecular complexity index is 536. The number of nitrogens with one attached hydrogen (secondary N) is 1. The van der Waals surface area contributed by atoms with Gasteiger partial charge in [-0.2, -0.15) is 5.10 Å². The highest BCUT2D eigenvalue weighted by atomic mass is 16.6. The molecule has 2 heterocycles. The molecule has 0 bridgehead atoms. The second-order valence-corrected chi connectivity index (χ2v) is 3.67. The van der Waals surface area contributed by atoms with Gasteiger partial charge in [0.25, 0.3) is 0 Å². The standard InChI is InChI=1S/C10H12N6O2/c1-15-7-13-9(14-15)4-5-11-8-2-3-10(12-6-8)16(17)18/h2-3,6-7,11H,4-5H2,1H3. The van der Waals surface area contributed by atoms with Gasteiger partial charge in [0.2, 0.25) is 0 Å². The van der Waals surface area contributed by atoms with Crippen LogP contribution in [0, 0.1) is 10.1 Å². The summed E-state index contributed by atoms with van der Waals surface area (Å²) in [7, 11) is 1.81. The van der Waals surface area contributed by atoms with Crippen molar-refractivity contribution in [2.45, 2.75) is 6.42 Å². The summed E-state index contributed by atoms with van der Waals surface area (Å²) in [5.41, 5.74) is 0.733. The lowest BCUT2D eigenvalue weighted by Crippen LogP contribution is -2.06. The van der Waals surface area contributed by atoms with Crippen LogP contribution in [0.3, 0.4) is 0 Å². The molecule has 0 amide bonds. The maximum absolute atomic E-state index is 10.4. The van der Waals surface area contributed by atoms with Gasteiger partial charge in [0.05, 0.1) is 5.69 Å². The molecule has 0 atom stereocenters. The van der Waals surface area contributed by atoms with Crippen molar-refractivity contribution in [3.63, 3.8) is 0 Å². The predicted molar refractivity (Wildman–Crippen MR) is 64.1 cm³/mol. The molecule has 0 unspecified atom stereocenters. The number of hydrogen-bond donors (Lipinski definition) is 1. The van der Waals surface area contributed by atoms with E-state index in [0.29, 0.717) is 13.0 Å². The molecule has 2 aromatic rings. The van der Waals surface area contributed by atoms with Gasteiger partial charge in [0.15, 0.2) is 12.0 Å². The molecule has 1 N–H and O–H groups in total. The van der Waals surface area contributed by atoms with Gasteiger partial charge in [-0.05, 0) is 16.0 Å². The van der Waals surface area contributed by atoms with Crippen LogP contribution in [0.1, 0.15) is 5.82 Å². The lowest BCUT2D eigenvalue weighted by atomic mass is 10.3. The lowest BCUT2D eigenvalue weighted by molar-refractivity contribution is -0.389. The molecule has 2 aromatic heterocycles. The van der Waals surface area contributed by atoms with Crippen molar-refractivity contribution >= 4 is 11.5 Å². The highest BCUT2D eigenvalue weighted by Crippen LogP contribution is 2.11. The number of rotatable bonds is 5. The van der Waals surface area contributed by atoms with Crippen LogP contribution >= 0.6 is 0 Å². The van der Waals surface area contributed by atoms with E-state index in [1.54, 1.807) is 17.1 Å². The lowest BCUT2D eigenvalue weighted by Gasteiger charge is -2.02. The number of anilines is 1. The average molecular weight is 248 g/mol. The predicted octanol–water partition coefficient (Wildman–Crippen LogP) is 0.773. The third kappa shape index (κ3) is 3.00. The first-order valence-electron chi connectivity index (χ1n) is 5.34. The van der Waals surface area contributed by atoms with Crippen molar-refractivity contribution in [1.29, 1.82) is 0 Å². The molecule has 8 heteroatoms. The minimum Gasteiger partial charge on any atom is -0.382 e. The third-order valence-corrected chi connectivity index (χ3v) is 2.26. The second-order valence-electron chi connectivity index (χ2n) is 3.67. The van der Waals surface area contributed by atoms with Gasteiger partial charge in [-0.15, -0.1) is 0 Å². The van der Waals surface area contributed by atoms with Crippen molar-refractivity contribution in [1.82, 2.24) is 19.7 Å². The van der Waals surface area contributed by atoms with Crippen LogP contribution in [0.2, 0.25) is 0 Å². The normalized spacial score (nSPS) is 10.3. The summed E-state index contributed by atoms with van der Waals surface area (Å²) in [6.45, 7) is 0.642. The van der Waals surface area contributed by atoms with Crippen LogP contribution < -0.4 is 5.32 Å². The Hall–Kier alpha value is -2.51. The minimum atomic E-state index is -0.526.